The van der Waals surface area contributed by atoms with Crippen molar-refractivity contribution in [3.05, 3.63) is 16.6 Å². The Kier molecular flexibility index (Phi) is 4.11. The third kappa shape index (κ3) is 3.28. The van der Waals surface area contributed by atoms with E-state index in [1.807, 2.05) is 5.38 Å². The summed E-state index contributed by atoms with van der Waals surface area (Å²) in [5.41, 5.74) is 2.52. The van der Waals surface area contributed by atoms with E-state index in [0.717, 1.165) is 23.7 Å². The van der Waals surface area contributed by atoms with Gasteiger partial charge in [0.25, 0.3) is 0 Å². The number of thioether (sulfide) groups is 1. The summed E-state index contributed by atoms with van der Waals surface area (Å²) in [7, 11) is 0. The molecule has 0 aliphatic carbocycles. The molecule has 70 valence electrons. The molecule has 0 bridgehead atoms. The number of aldehydes is 1. The minimum Gasteiger partial charge on any atom is -0.303 e. The van der Waals surface area contributed by atoms with Gasteiger partial charge in [-0.1, -0.05) is 11.8 Å². The van der Waals surface area contributed by atoms with Gasteiger partial charge >= 0.3 is 0 Å². The van der Waals surface area contributed by atoms with Gasteiger partial charge in [-0.2, -0.15) is 0 Å². The van der Waals surface area contributed by atoms with E-state index in [0.29, 0.717) is 6.42 Å². The van der Waals surface area contributed by atoms with Gasteiger partial charge in [0, 0.05) is 18.7 Å². The molecule has 0 saturated carbocycles. The summed E-state index contributed by atoms with van der Waals surface area (Å²) in [6.45, 7) is 1.49. The Hall–Kier alpha value is -0.680. The Morgan fingerprint density at radius 1 is 1.85 bits per heavy atom. The maximum atomic E-state index is 10.8. The Morgan fingerprint density at radius 2 is 2.62 bits per heavy atom. The van der Waals surface area contributed by atoms with Crippen molar-refractivity contribution in [2.24, 2.45) is 0 Å². The summed E-state index contributed by atoms with van der Waals surface area (Å²) < 4.78 is 0. The van der Waals surface area contributed by atoms with E-state index in [4.69, 9.17) is 0 Å². The summed E-state index contributed by atoms with van der Waals surface area (Å²) in [4.78, 5) is 25.3. The van der Waals surface area contributed by atoms with E-state index in [2.05, 4.69) is 4.98 Å². The minimum absolute atomic E-state index is 0.0138. The van der Waals surface area contributed by atoms with Crippen LogP contribution in [0, 0.1) is 0 Å². The minimum atomic E-state index is -0.110. The highest BCUT2D eigenvalue weighted by atomic mass is 32.2. The number of aromatic nitrogens is 1. The monoisotopic (exact) mass is 215 g/mol. The molecule has 0 aliphatic heterocycles. The fraction of sp³-hybridized carbons (Fsp3) is 0.375. The van der Waals surface area contributed by atoms with Gasteiger partial charge in [-0.05, 0) is 0 Å². The van der Waals surface area contributed by atoms with E-state index in [1.54, 1.807) is 5.51 Å². The smallest absolute Gasteiger partial charge is 0.186 e. The molecule has 0 fully saturated rings. The van der Waals surface area contributed by atoms with Gasteiger partial charge in [-0.15, -0.1) is 11.3 Å². The van der Waals surface area contributed by atoms with Crippen LogP contribution >= 0.6 is 23.1 Å². The second kappa shape index (κ2) is 5.14. The molecule has 13 heavy (non-hydrogen) atoms. The predicted molar refractivity (Wildman–Crippen MR) is 53.8 cm³/mol. The first-order valence-electron chi connectivity index (χ1n) is 3.73. The lowest BCUT2D eigenvalue weighted by Crippen LogP contribution is -1.98. The quantitative estimate of drug-likeness (QED) is 0.721. The number of rotatable bonds is 4. The Labute approximate surface area is 84.6 Å². The van der Waals surface area contributed by atoms with Crippen LogP contribution in [-0.2, 0) is 9.59 Å². The molecular weight excluding hydrogens is 206 g/mol. The van der Waals surface area contributed by atoms with Crippen LogP contribution < -0.4 is 0 Å². The third-order valence-corrected chi connectivity index (χ3v) is 3.05. The largest absolute Gasteiger partial charge is 0.303 e. The molecule has 1 atom stereocenters. The van der Waals surface area contributed by atoms with Gasteiger partial charge in [0.2, 0.25) is 0 Å². The zero-order valence-electron chi connectivity index (χ0n) is 7.10. The number of hydrogen-bond acceptors (Lipinski definition) is 5. The van der Waals surface area contributed by atoms with Gasteiger partial charge < -0.3 is 4.79 Å². The topological polar surface area (TPSA) is 47.0 Å². The first-order valence-corrected chi connectivity index (χ1v) is 5.55. The van der Waals surface area contributed by atoms with Gasteiger partial charge in [0.05, 0.1) is 16.5 Å². The number of thiazole rings is 1. The lowest BCUT2D eigenvalue weighted by molar-refractivity contribution is -0.109. The molecule has 0 amide bonds. The van der Waals surface area contributed by atoms with E-state index >= 15 is 0 Å². The van der Waals surface area contributed by atoms with Crippen molar-refractivity contribution >= 4 is 34.5 Å². The number of hydrogen-bond donors (Lipinski definition) is 0. The molecule has 0 aromatic carbocycles. The SMILES string of the molecule is CC(=O)SC(CC=O)c1cscn1. The molecule has 0 spiro atoms. The molecule has 0 radical (unpaired) electrons. The van der Waals surface area contributed by atoms with E-state index in [1.165, 1.54) is 18.3 Å². The van der Waals surface area contributed by atoms with Crippen LogP contribution in [0.15, 0.2) is 10.9 Å². The maximum absolute atomic E-state index is 10.8. The Bertz CT molecular complexity index is 284. The van der Waals surface area contributed by atoms with Crippen molar-refractivity contribution in [2.45, 2.75) is 18.6 Å². The molecule has 3 nitrogen and oxygen atoms in total. The molecule has 0 N–H and O–H groups in total. The molecule has 1 rings (SSSR count). The highest BCUT2D eigenvalue weighted by Gasteiger charge is 2.15. The van der Waals surface area contributed by atoms with Crippen molar-refractivity contribution in [3.8, 4) is 0 Å². The fourth-order valence-corrected chi connectivity index (χ4v) is 2.42. The fourth-order valence-electron chi connectivity index (χ4n) is 0.898. The average molecular weight is 215 g/mol. The number of carbonyl (C=O) groups excluding carboxylic acids is 2. The lowest BCUT2D eigenvalue weighted by Gasteiger charge is -2.07. The number of carbonyl (C=O) groups is 2. The van der Waals surface area contributed by atoms with Gasteiger partial charge in [0.15, 0.2) is 5.12 Å². The van der Waals surface area contributed by atoms with Gasteiger partial charge in [-0.25, -0.2) is 4.98 Å². The Morgan fingerprint density at radius 3 is 3.08 bits per heavy atom. The summed E-state index contributed by atoms with van der Waals surface area (Å²) >= 11 is 2.63. The van der Waals surface area contributed by atoms with Crippen molar-refractivity contribution in [2.75, 3.05) is 0 Å². The van der Waals surface area contributed by atoms with Crippen molar-refractivity contribution in [1.29, 1.82) is 0 Å². The zero-order chi connectivity index (χ0) is 9.68. The summed E-state index contributed by atoms with van der Waals surface area (Å²) in [6, 6.07) is 0. The molecule has 1 aromatic rings. The van der Waals surface area contributed by atoms with Crippen molar-refractivity contribution in [3.63, 3.8) is 0 Å². The molecular formula is C8H9NO2S2. The second-order valence-electron chi connectivity index (χ2n) is 2.41. The summed E-state index contributed by atoms with van der Waals surface area (Å²) in [5, 5.41) is 1.77. The van der Waals surface area contributed by atoms with Crippen molar-refractivity contribution in [1.82, 2.24) is 4.98 Å². The molecule has 0 aliphatic rings. The van der Waals surface area contributed by atoms with Gasteiger partial charge in [0.1, 0.15) is 6.29 Å². The first-order chi connectivity index (χ1) is 6.24. The molecule has 1 heterocycles. The Balaban J connectivity index is 2.67. The average Bonchev–Trinajstić information content (AvgIpc) is 2.54. The summed E-state index contributed by atoms with van der Waals surface area (Å²) in [6.07, 6.45) is 1.16. The van der Waals surface area contributed by atoms with Gasteiger partial charge in [-0.3, -0.25) is 4.79 Å². The van der Waals surface area contributed by atoms with Crippen LogP contribution in [0.25, 0.3) is 0 Å². The molecule has 1 unspecified atom stereocenters. The van der Waals surface area contributed by atoms with Crippen LogP contribution in [0.3, 0.4) is 0 Å². The maximum Gasteiger partial charge on any atom is 0.186 e. The molecule has 0 saturated heterocycles. The van der Waals surface area contributed by atoms with Crippen molar-refractivity contribution < 1.29 is 9.59 Å². The van der Waals surface area contributed by atoms with Crippen LogP contribution in [-0.4, -0.2) is 16.4 Å². The van der Waals surface area contributed by atoms with E-state index in [9.17, 15) is 9.59 Å². The van der Waals surface area contributed by atoms with Crippen LogP contribution in [0.1, 0.15) is 24.3 Å². The molecule has 5 heteroatoms. The van der Waals surface area contributed by atoms with Crippen LogP contribution in [0.5, 0.6) is 0 Å². The zero-order valence-corrected chi connectivity index (χ0v) is 8.73. The van der Waals surface area contributed by atoms with Crippen LogP contribution in [0.2, 0.25) is 0 Å². The highest BCUT2D eigenvalue weighted by molar-refractivity contribution is 8.13. The predicted octanol–water partition coefficient (Wildman–Crippen LogP) is 2.05. The first kappa shape index (κ1) is 10.4. The summed E-state index contributed by atoms with van der Waals surface area (Å²) in [5.74, 6) is 0. The lowest BCUT2D eigenvalue weighted by atomic mass is 10.3. The standard InChI is InChI=1S/C8H9NO2S2/c1-6(11)13-8(2-3-10)7-4-12-5-9-7/h3-5,8H,2H2,1H3. The normalized spacial score (nSPS) is 12.4. The second-order valence-corrected chi connectivity index (χ2v) is 4.51. The number of nitrogens with zero attached hydrogens (tertiary/aromatic N) is 1. The van der Waals surface area contributed by atoms with E-state index in [-0.39, 0.29) is 10.4 Å². The third-order valence-electron chi connectivity index (χ3n) is 1.40. The highest BCUT2D eigenvalue weighted by Crippen LogP contribution is 2.31. The molecule has 1 aromatic heterocycles. The van der Waals surface area contributed by atoms with Crippen LogP contribution in [0.4, 0.5) is 0 Å². The van der Waals surface area contributed by atoms with E-state index < -0.39 is 0 Å².